The zero-order valence-electron chi connectivity index (χ0n) is 7.40. The summed E-state index contributed by atoms with van der Waals surface area (Å²) in [5, 5.41) is 8.19. The quantitative estimate of drug-likeness (QED) is 0.558. The maximum Gasteiger partial charge on any atom is 0.373 e. The molecular weight excluding hydrogens is 172 g/mol. The van der Waals surface area contributed by atoms with Gasteiger partial charge in [-0.1, -0.05) is 6.07 Å². The molecule has 1 aromatic carbocycles. The van der Waals surface area contributed by atoms with Crippen LogP contribution in [0.2, 0.25) is 0 Å². The van der Waals surface area contributed by atoms with Gasteiger partial charge in [0.05, 0.1) is 12.7 Å². The molecular formula is C9H10O4. The molecule has 0 unspecified atom stereocenters. The molecule has 1 N–H and O–H groups in total. The van der Waals surface area contributed by atoms with Crippen molar-refractivity contribution in [2.24, 2.45) is 0 Å². The Bertz CT molecular complexity index is 319. The van der Waals surface area contributed by atoms with Crippen molar-refractivity contribution in [3.8, 4) is 5.75 Å². The van der Waals surface area contributed by atoms with Crippen LogP contribution < -0.4 is 4.74 Å². The molecule has 0 saturated heterocycles. The Hall–Kier alpha value is -1.55. The summed E-state index contributed by atoms with van der Waals surface area (Å²) < 4.78 is 4.99. The molecule has 1 rings (SSSR count). The van der Waals surface area contributed by atoms with E-state index in [1.807, 2.05) is 0 Å². The predicted molar refractivity (Wildman–Crippen MR) is 45.8 cm³/mol. The smallest absolute Gasteiger partial charge is 0.373 e. The topological polar surface area (TPSA) is 55.8 Å². The van der Waals surface area contributed by atoms with Crippen LogP contribution in [0.5, 0.6) is 5.75 Å². The van der Waals surface area contributed by atoms with E-state index in [2.05, 4.69) is 4.89 Å². The van der Waals surface area contributed by atoms with Crippen molar-refractivity contribution < 1.29 is 19.7 Å². The van der Waals surface area contributed by atoms with Crippen LogP contribution in [0.4, 0.5) is 0 Å². The summed E-state index contributed by atoms with van der Waals surface area (Å²) in [6.45, 7) is 1.71. The van der Waals surface area contributed by atoms with Crippen molar-refractivity contribution in [1.82, 2.24) is 0 Å². The van der Waals surface area contributed by atoms with E-state index >= 15 is 0 Å². The number of rotatable bonds is 2. The third-order valence-corrected chi connectivity index (χ3v) is 1.81. The van der Waals surface area contributed by atoms with E-state index in [0.717, 1.165) is 0 Å². The van der Waals surface area contributed by atoms with Crippen molar-refractivity contribution in [1.29, 1.82) is 0 Å². The zero-order valence-corrected chi connectivity index (χ0v) is 7.40. The van der Waals surface area contributed by atoms with Crippen molar-refractivity contribution in [2.75, 3.05) is 7.11 Å². The Morgan fingerprint density at radius 3 is 2.69 bits per heavy atom. The molecule has 13 heavy (non-hydrogen) atoms. The molecule has 0 bridgehead atoms. The fourth-order valence-electron chi connectivity index (χ4n) is 1.11. The van der Waals surface area contributed by atoms with Crippen molar-refractivity contribution in [2.45, 2.75) is 6.92 Å². The lowest BCUT2D eigenvalue weighted by atomic mass is 10.1. The Morgan fingerprint density at radius 2 is 2.15 bits per heavy atom. The highest BCUT2D eigenvalue weighted by molar-refractivity contribution is 5.91. The maximum absolute atomic E-state index is 11.0. The minimum absolute atomic E-state index is 0.293. The van der Waals surface area contributed by atoms with Crippen molar-refractivity contribution in [3.05, 3.63) is 29.3 Å². The summed E-state index contributed by atoms with van der Waals surface area (Å²) in [5.74, 6) is -0.195. The van der Waals surface area contributed by atoms with Gasteiger partial charge in [-0.2, -0.15) is 5.26 Å². The normalized spacial score (nSPS) is 9.46. The van der Waals surface area contributed by atoms with Crippen molar-refractivity contribution >= 4 is 5.97 Å². The zero-order chi connectivity index (χ0) is 9.84. The van der Waals surface area contributed by atoms with Crippen LogP contribution in [0.3, 0.4) is 0 Å². The molecule has 0 amide bonds. The van der Waals surface area contributed by atoms with Crippen LogP contribution in [-0.2, 0) is 4.89 Å². The number of benzene rings is 1. The summed E-state index contributed by atoms with van der Waals surface area (Å²) in [6.07, 6.45) is 0. The second-order valence-electron chi connectivity index (χ2n) is 2.51. The first-order chi connectivity index (χ1) is 6.20. The standard InChI is InChI=1S/C9H10O4/c1-6-7(9(10)13-11)4-3-5-8(6)12-2/h3-5,11H,1-2H3. The number of hydrogen-bond acceptors (Lipinski definition) is 4. The number of methoxy groups -OCH3 is 1. The van der Waals surface area contributed by atoms with E-state index < -0.39 is 5.97 Å². The molecule has 1 aromatic rings. The van der Waals surface area contributed by atoms with Crippen molar-refractivity contribution in [3.63, 3.8) is 0 Å². The molecule has 0 radical (unpaired) electrons. The molecule has 0 aliphatic rings. The van der Waals surface area contributed by atoms with E-state index in [4.69, 9.17) is 9.99 Å². The number of carbonyl (C=O) groups is 1. The summed E-state index contributed by atoms with van der Waals surface area (Å²) in [7, 11) is 1.51. The number of hydrogen-bond donors (Lipinski definition) is 1. The molecule has 0 aromatic heterocycles. The first-order valence-corrected chi connectivity index (χ1v) is 3.70. The average Bonchev–Trinajstić information content (AvgIpc) is 2.17. The summed E-state index contributed by atoms with van der Waals surface area (Å²) in [6, 6.07) is 4.93. The van der Waals surface area contributed by atoms with Gasteiger partial charge in [0.15, 0.2) is 0 Å². The molecule has 0 heterocycles. The highest BCUT2D eigenvalue weighted by Crippen LogP contribution is 2.21. The summed E-state index contributed by atoms with van der Waals surface area (Å²) in [4.78, 5) is 14.6. The van der Waals surface area contributed by atoms with Gasteiger partial charge in [-0.25, -0.2) is 4.79 Å². The molecule has 0 saturated carbocycles. The third kappa shape index (κ3) is 1.78. The van der Waals surface area contributed by atoms with Crippen LogP contribution in [-0.4, -0.2) is 18.3 Å². The molecule has 4 nitrogen and oxygen atoms in total. The minimum Gasteiger partial charge on any atom is -0.496 e. The molecule has 0 aliphatic heterocycles. The lowest BCUT2D eigenvalue weighted by Gasteiger charge is -2.06. The van der Waals surface area contributed by atoms with Gasteiger partial charge in [-0.05, 0) is 19.1 Å². The lowest BCUT2D eigenvalue weighted by molar-refractivity contribution is -0.182. The van der Waals surface area contributed by atoms with Gasteiger partial charge < -0.3 is 4.74 Å². The van der Waals surface area contributed by atoms with E-state index in [1.165, 1.54) is 7.11 Å². The largest absolute Gasteiger partial charge is 0.496 e. The van der Waals surface area contributed by atoms with Gasteiger partial charge in [0.2, 0.25) is 0 Å². The van der Waals surface area contributed by atoms with Gasteiger partial charge in [0, 0.05) is 5.56 Å². The second-order valence-corrected chi connectivity index (χ2v) is 2.51. The van der Waals surface area contributed by atoms with Crippen LogP contribution in [0.1, 0.15) is 15.9 Å². The Kier molecular flexibility index (Phi) is 2.87. The molecule has 0 aliphatic carbocycles. The summed E-state index contributed by atoms with van der Waals surface area (Å²) >= 11 is 0. The van der Waals surface area contributed by atoms with Crippen LogP contribution in [0, 0.1) is 6.92 Å². The predicted octanol–water partition coefficient (Wildman–Crippen LogP) is 1.63. The third-order valence-electron chi connectivity index (χ3n) is 1.81. The monoisotopic (exact) mass is 182 g/mol. The van der Waals surface area contributed by atoms with E-state index in [1.54, 1.807) is 25.1 Å². The highest BCUT2D eigenvalue weighted by Gasteiger charge is 2.12. The second kappa shape index (κ2) is 3.91. The maximum atomic E-state index is 11.0. The molecule has 0 fully saturated rings. The molecule has 4 heteroatoms. The SMILES string of the molecule is COc1cccc(C(=O)OO)c1C. The molecule has 0 spiro atoms. The highest BCUT2D eigenvalue weighted by atomic mass is 17.1. The van der Waals surface area contributed by atoms with Gasteiger partial charge in [-0.3, -0.25) is 4.89 Å². The van der Waals surface area contributed by atoms with Gasteiger partial charge >= 0.3 is 5.97 Å². The number of ether oxygens (including phenoxy) is 1. The van der Waals surface area contributed by atoms with Gasteiger partial charge in [-0.15, -0.1) is 0 Å². The van der Waals surface area contributed by atoms with E-state index in [-0.39, 0.29) is 0 Å². The van der Waals surface area contributed by atoms with Gasteiger partial charge in [0.25, 0.3) is 0 Å². The first kappa shape index (κ1) is 9.54. The molecule has 70 valence electrons. The van der Waals surface area contributed by atoms with Crippen LogP contribution >= 0.6 is 0 Å². The van der Waals surface area contributed by atoms with Crippen LogP contribution in [0.25, 0.3) is 0 Å². The minimum atomic E-state index is -0.781. The Labute approximate surface area is 75.6 Å². The lowest BCUT2D eigenvalue weighted by Crippen LogP contribution is -2.04. The Balaban J connectivity index is 3.15. The Morgan fingerprint density at radius 1 is 1.46 bits per heavy atom. The average molecular weight is 182 g/mol. The van der Waals surface area contributed by atoms with Gasteiger partial charge in [0.1, 0.15) is 5.75 Å². The fourth-order valence-corrected chi connectivity index (χ4v) is 1.11. The van der Waals surface area contributed by atoms with Crippen LogP contribution in [0.15, 0.2) is 18.2 Å². The molecule has 0 atom stereocenters. The first-order valence-electron chi connectivity index (χ1n) is 3.70. The fraction of sp³-hybridized carbons (Fsp3) is 0.222. The number of carbonyl (C=O) groups excluding carboxylic acids is 1. The van der Waals surface area contributed by atoms with E-state index in [0.29, 0.717) is 16.9 Å². The summed E-state index contributed by atoms with van der Waals surface area (Å²) in [5.41, 5.74) is 0.936. The van der Waals surface area contributed by atoms with E-state index in [9.17, 15) is 4.79 Å².